The van der Waals surface area contributed by atoms with Crippen LogP contribution >= 0.6 is 0 Å². The fourth-order valence-electron chi connectivity index (χ4n) is 5.48. The minimum absolute atomic E-state index is 0.0424. The molecule has 3 unspecified atom stereocenters. The molecule has 0 saturated heterocycles. The largest absolute Gasteiger partial charge is 0.416 e. The third-order valence-electron chi connectivity index (χ3n) is 7.50. The number of aliphatic imine (C=N–C) groups is 1. The average molecular weight is 514 g/mol. The van der Waals surface area contributed by atoms with Crippen molar-refractivity contribution in [1.29, 1.82) is 0 Å². The van der Waals surface area contributed by atoms with Crippen molar-refractivity contribution in [2.45, 2.75) is 82.7 Å². The Morgan fingerprint density at radius 3 is 2.81 bits per heavy atom. The first kappa shape index (κ1) is 25.8. The van der Waals surface area contributed by atoms with Crippen LogP contribution < -0.4 is 5.43 Å². The van der Waals surface area contributed by atoms with Gasteiger partial charge in [-0.05, 0) is 69.1 Å². The molecule has 8 heteroatoms. The zero-order chi connectivity index (χ0) is 25.8. The molecule has 5 aliphatic rings. The fraction of sp³-hybridized carbons (Fsp3) is 0.517. The average Bonchev–Trinajstić information content (AvgIpc) is 3.31. The van der Waals surface area contributed by atoms with E-state index >= 15 is 0 Å². The number of hydrogen-bond donors (Lipinski definition) is 1. The van der Waals surface area contributed by atoms with Gasteiger partial charge in [0.15, 0.2) is 6.17 Å². The van der Waals surface area contributed by atoms with E-state index in [0.29, 0.717) is 31.0 Å². The van der Waals surface area contributed by atoms with Crippen molar-refractivity contribution >= 4 is 11.6 Å². The number of allylic oxidation sites excluding steroid dienone is 8. The minimum atomic E-state index is -4.47. The van der Waals surface area contributed by atoms with Crippen molar-refractivity contribution in [3.05, 3.63) is 71.0 Å². The number of nitrogens with zero attached hydrogens (tertiary/aromatic N) is 2. The number of carbonyl (C=O) groups excluding carboxylic acids is 1. The predicted molar refractivity (Wildman–Crippen MR) is 137 cm³/mol. The lowest BCUT2D eigenvalue weighted by Gasteiger charge is -2.32. The second-order valence-electron chi connectivity index (χ2n) is 10.4. The van der Waals surface area contributed by atoms with Crippen molar-refractivity contribution in [2.24, 2.45) is 10.9 Å². The lowest BCUT2D eigenvalue weighted by Crippen LogP contribution is -2.42. The maximum Gasteiger partial charge on any atom is 0.416 e. The SMILES string of the molecule is O=C(CC1=NC2C=C(C(F)(F)F)C=C(CC3=CC=CC(OCC4=CCCCC4)C3)N2N1)C1C=CCCC1. The van der Waals surface area contributed by atoms with Gasteiger partial charge in [0.25, 0.3) is 0 Å². The standard InChI is InChI=1S/C29H34F3N3O2/c30-29(31,32)23-16-24(14-21-10-7-13-25(15-21)37-19-20-8-3-1-4-9-20)35-28(17-23)33-27(34-35)18-26(36)22-11-5-2-6-12-22/h5,7-8,10-11,13,16-17,22,25,28H,1-4,6,9,12,14-15,18-19H2,(H,33,34). The Balaban J connectivity index is 1.25. The molecular weight excluding hydrogens is 479 g/mol. The lowest BCUT2D eigenvalue weighted by atomic mass is 9.90. The molecule has 0 radical (unpaired) electrons. The number of alkyl halides is 3. The molecule has 0 bridgehead atoms. The van der Waals surface area contributed by atoms with Crippen LogP contribution in [0.1, 0.15) is 64.2 Å². The Bertz CT molecular complexity index is 1110. The number of nitrogens with one attached hydrogen (secondary N) is 1. The van der Waals surface area contributed by atoms with Gasteiger partial charge in [-0.15, -0.1) is 0 Å². The van der Waals surface area contributed by atoms with Gasteiger partial charge in [0.1, 0.15) is 11.6 Å². The Hall–Kier alpha value is -2.87. The first-order valence-corrected chi connectivity index (χ1v) is 13.3. The Morgan fingerprint density at radius 1 is 1.16 bits per heavy atom. The summed E-state index contributed by atoms with van der Waals surface area (Å²) in [6, 6.07) is 0. The number of rotatable bonds is 8. The highest BCUT2D eigenvalue weighted by atomic mass is 19.4. The number of halogens is 3. The molecule has 0 aromatic rings. The second-order valence-corrected chi connectivity index (χ2v) is 10.4. The van der Waals surface area contributed by atoms with E-state index < -0.39 is 17.9 Å². The molecule has 3 atom stereocenters. The highest BCUT2D eigenvalue weighted by molar-refractivity contribution is 6.03. The van der Waals surface area contributed by atoms with Crippen LogP contribution in [0.4, 0.5) is 13.2 Å². The van der Waals surface area contributed by atoms with E-state index in [1.807, 2.05) is 30.4 Å². The van der Waals surface area contributed by atoms with E-state index in [-0.39, 0.29) is 24.2 Å². The number of hydrogen-bond acceptors (Lipinski definition) is 5. The van der Waals surface area contributed by atoms with Crippen LogP contribution in [-0.4, -0.2) is 41.7 Å². The third kappa shape index (κ3) is 6.53. The predicted octanol–water partition coefficient (Wildman–Crippen LogP) is 6.39. The van der Waals surface area contributed by atoms with Crippen LogP contribution in [0.25, 0.3) is 0 Å². The Morgan fingerprint density at radius 2 is 2.05 bits per heavy atom. The molecule has 198 valence electrons. The molecule has 37 heavy (non-hydrogen) atoms. The van der Waals surface area contributed by atoms with Gasteiger partial charge >= 0.3 is 6.18 Å². The zero-order valence-corrected chi connectivity index (χ0v) is 21.0. The summed E-state index contributed by atoms with van der Waals surface area (Å²) in [5, 5.41) is 1.66. The van der Waals surface area contributed by atoms with E-state index in [2.05, 4.69) is 16.5 Å². The fourth-order valence-corrected chi connectivity index (χ4v) is 5.48. The van der Waals surface area contributed by atoms with Crippen LogP contribution in [0.3, 0.4) is 0 Å². The summed E-state index contributed by atoms with van der Waals surface area (Å²) in [6.45, 7) is 0.600. The molecule has 2 heterocycles. The van der Waals surface area contributed by atoms with Crippen molar-refractivity contribution in [3.8, 4) is 0 Å². The number of ketones is 1. The molecule has 5 rings (SSSR count). The zero-order valence-electron chi connectivity index (χ0n) is 21.0. The number of amidine groups is 1. The van der Waals surface area contributed by atoms with E-state index in [0.717, 1.165) is 43.8 Å². The van der Waals surface area contributed by atoms with Crippen molar-refractivity contribution in [1.82, 2.24) is 10.4 Å². The number of Topliss-reactive ketones (excluding diaryl/α,β-unsaturated/α-hetero) is 1. The van der Waals surface area contributed by atoms with Gasteiger partial charge in [-0.25, -0.2) is 4.99 Å². The molecule has 0 fully saturated rings. The summed E-state index contributed by atoms with van der Waals surface area (Å²) in [5.41, 5.74) is 5.23. The van der Waals surface area contributed by atoms with Crippen molar-refractivity contribution < 1.29 is 22.7 Å². The Labute approximate surface area is 216 Å². The molecule has 0 saturated carbocycles. The van der Waals surface area contributed by atoms with Gasteiger partial charge in [0, 0.05) is 18.0 Å². The van der Waals surface area contributed by atoms with E-state index in [1.54, 1.807) is 5.01 Å². The highest BCUT2D eigenvalue weighted by Gasteiger charge is 2.40. The van der Waals surface area contributed by atoms with E-state index in [9.17, 15) is 18.0 Å². The van der Waals surface area contributed by atoms with Crippen molar-refractivity contribution in [3.63, 3.8) is 0 Å². The van der Waals surface area contributed by atoms with Gasteiger partial charge in [-0.1, -0.05) is 42.0 Å². The minimum Gasteiger partial charge on any atom is -0.369 e. The van der Waals surface area contributed by atoms with E-state index in [1.165, 1.54) is 24.5 Å². The molecule has 0 aromatic carbocycles. The van der Waals surface area contributed by atoms with Crippen LogP contribution in [0.15, 0.2) is 76.0 Å². The van der Waals surface area contributed by atoms with Crippen LogP contribution in [-0.2, 0) is 9.53 Å². The topological polar surface area (TPSA) is 53.9 Å². The van der Waals surface area contributed by atoms with Crippen LogP contribution in [0, 0.1) is 5.92 Å². The molecule has 5 nitrogen and oxygen atoms in total. The van der Waals surface area contributed by atoms with Gasteiger partial charge in [0.05, 0.1) is 24.7 Å². The number of fused-ring (bicyclic) bond motifs is 1. The third-order valence-corrected chi connectivity index (χ3v) is 7.50. The summed E-state index contributed by atoms with van der Waals surface area (Å²) >= 11 is 0. The maximum absolute atomic E-state index is 13.7. The first-order chi connectivity index (χ1) is 17.8. The quantitative estimate of drug-likeness (QED) is 0.382. The number of ether oxygens (including phenoxy) is 1. The van der Waals surface area contributed by atoms with E-state index in [4.69, 9.17) is 4.74 Å². The molecule has 0 spiro atoms. The normalized spacial score (nSPS) is 27.5. The smallest absolute Gasteiger partial charge is 0.369 e. The molecule has 2 aliphatic heterocycles. The van der Waals surface area contributed by atoms with Crippen molar-refractivity contribution in [2.75, 3.05) is 6.61 Å². The number of carbonyl (C=O) groups is 1. The summed E-state index contributed by atoms with van der Waals surface area (Å²) in [4.78, 5) is 17.2. The van der Waals surface area contributed by atoms with Gasteiger partial charge in [0.2, 0.25) is 0 Å². The first-order valence-electron chi connectivity index (χ1n) is 13.3. The molecular formula is C29H34F3N3O2. The molecule has 1 N–H and O–H groups in total. The monoisotopic (exact) mass is 513 g/mol. The summed E-state index contributed by atoms with van der Waals surface area (Å²) in [5.74, 6) is 0.312. The van der Waals surface area contributed by atoms with Gasteiger partial charge in [-0.2, -0.15) is 13.2 Å². The summed E-state index contributed by atoms with van der Waals surface area (Å²) in [7, 11) is 0. The van der Waals surface area contributed by atoms with Crippen LogP contribution in [0.5, 0.6) is 0 Å². The van der Waals surface area contributed by atoms with Gasteiger partial charge in [-0.3, -0.25) is 15.2 Å². The van der Waals surface area contributed by atoms with Gasteiger partial charge < -0.3 is 4.74 Å². The summed E-state index contributed by atoms with van der Waals surface area (Å²) < 4.78 is 47.3. The maximum atomic E-state index is 13.7. The summed E-state index contributed by atoms with van der Waals surface area (Å²) in [6.07, 6.45) is 17.4. The molecule has 0 aromatic heterocycles. The molecule has 3 aliphatic carbocycles. The van der Waals surface area contributed by atoms with Crippen LogP contribution in [0.2, 0.25) is 0 Å². The Kier molecular flexibility index (Phi) is 7.84. The highest BCUT2D eigenvalue weighted by Crippen LogP contribution is 2.36. The lowest BCUT2D eigenvalue weighted by molar-refractivity contribution is -0.120. The molecule has 0 amide bonds. The second kappa shape index (κ2) is 11.3. The number of hydrazine groups is 1.